The van der Waals surface area contributed by atoms with Crippen LogP contribution in [0.3, 0.4) is 0 Å². The van der Waals surface area contributed by atoms with Crippen LogP contribution in [0.5, 0.6) is 0 Å². The van der Waals surface area contributed by atoms with E-state index in [4.69, 9.17) is 5.73 Å². The van der Waals surface area contributed by atoms with E-state index in [1.165, 1.54) is 34.9 Å². The lowest BCUT2D eigenvalue weighted by Crippen LogP contribution is -2.27. The van der Waals surface area contributed by atoms with Gasteiger partial charge in [-0.3, -0.25) is 0 Å². The van der Waals surface area contributed by atoms with E-state index in [1.807, 2.05) is 0 Å². The lowest BCUT2D eigenvalue weighted by molar-refractivity contribution is 0.264. The average Bonchev–Trinajstić information content (AvgIpc) is 2.06. The van der Waals surface area contributed by atoms with Gasteiger partial charge in [-0.25, -0.2) is 0 Å². The molecule has 14 heavy (non-hydrogen) atoms. The van der Waals surface area contributed by atoms with Gasteiger partial charge in [0.15, 0.2) is 0 Å². The molecule has 1 atom stereocenters. The van der Waals surface area contributed by atoms with Gasteiger partial charge in [-0.15, -0.1) is 0 Å². The van der Waals surface area contributed by atoms with Gasteiger partial charge in [0, 0.05) is 10.5 Å². The molecule has 1 fully saturated rings. The lowest BCUT2D eigenvalue weighted by Gasteiger charge is -2.32. The first-order valence-electron chi connectivity index (χ1n) is 5.20. The van der Waals surface area contributed by atoms with Gasteiger partial charge in [0.25, 0.3) is 0 Å². The van der Waals surface area contributed by atoms with Gasteiger partial charge < -0.3 is 5.73 Å². The second kappa shape index (κ2) is 4.03. The zero-order valence-electron chi connectivity index (χ0n) is 8.46. The molecular formula is C12H16BrN. The van der Waals surface area contributed by atoms with E-state index in [0.29, 0.717) is 5.92 Å². The average molecular weight is 254 g/mol. The molecular weight excluding hydrogens is 238 g/mol. The maximum atomic E-state index is 6.25. The third-order valence-electron chi connectivity index (χ3n) is 3.33. The number of rotatable bonds is 2. The summed E-state index contributed by atoms with van der Waals surface area (Å²) in [5.41, 5.74) is 8.86. The van der Waals surface area contributed by atoms with Crippen molar-refractivity contribution in [2.24, 2.45) is 11.7 Å². The molecule has 1 aliphatic carbocycles. The maximum Gasteiger partial charge on any atom is 0.0326 e. The van der Waals surface area contributed by atoms with Gasteiger partial charge in [-0.1, -0.05) is 34.5 Å². The monoisotopic (exact) mass is 253 g/mol. The Morgan fingerprint density at radius 1 is 1.43 bits per heavy atom. The third kappa shape index (κ3) is 1.73. The van der Waals surface area contributed by atoms with Crippen molar-refractivity contribution in [1.29, 1.82) is 0 Å². The molecule has 0 unspecified atom stereocenters. The molecule has 0 amide bonds. The minimum Gasteiger partial charge on any atom is -0.324 e. The van der Waals surface area contributed by atoms with Crippen molar-refractivity contribution in [2.45, 2.75) is 32.2 Å². The Balaban J connectivity index is 2.26. The zero-order valence-corrected chi connectivity index (χ0v) is 10.0. The van der Waals surface area contributed by atoms with E-state index in [1.54, 1.807) is 0 Å². The third-order valence-corrected chi connectivity index (χ3v) is 4.19. The minimum absolute atomic E-state index is 0.237. The fraction of sp³-hybridized carbons (Fsp3) is 0.500. The van der Waals surface area contributed by atoms with Crippen molar-refractivity contribution < 1.29 is 0 Å². The van der Waals surface area contributed by atoms with E-state index < -0.39 is 0 Å². The number of nitrogens with two attached hydrogens (primary N) is 1. The van der Waals surface area contributed by atoms with Crippen molar-refractivity contribution in [2.75, 3.05) is 0 Å². The first-order chi connectivity index (χ1) is 6.70. The zero-order chi connectivity index (χ0) is 10.1. The van der Waals surface area contributed by atoms with Crippen LogP contribution >= 0.6 is 15.9 Å². The fourth-order valence-corrected chi connectivity index (χ4v) is 2.42. The molecule has 0 aliphatic heterocycles. The van der Waals surface area contributed by atoms with Gasteiger partial charge in [0.2, 0.25) is 0 Å². The van der Waals surface area contributed by atoms with Crippen LogP contribution < -0.4 is 5.73 Å². The second-order valence-corrected chi connectivity index (χ2v) is 5.03. The summed E-state index contributed by atoms with van der Waals surface area (Å²) in [4.78, 5) is 0. The smallest absolute Gasteiger partial charge is 0.0326 e. The summed E-state index contributed by atoms with van der Waals surface area (Å²) in [7, 11) is 0. The summed E-state index contributed by atoms with van der Waals surface area (Å²) in [6, 6.07) is 6.54. The van der Waals surface area contributed by atoms with E-state index in [9.17, 15) is 0 Å². The predicted molar refractivity (Wildman–Crippen MR) is 63.1 cm³/mol. The second-order valence-electron chi connectivity index (χ2n) is 4.17. The number of hydrogen-bond acceptors (Lipinski definition) is 1. The highest BCUT2D eigenvalue weighted by atomic mass is 79.9. The van der Waals surface area contributed by atoms with E-state index in [-0.39, 0.29) is 6.04 Å². The van der Waals surface area contributed by atoms with Crippen molar-refractivity contribution >= 4 is 15.9 Å². The van der Waals surface area contributed by atoms with E-state index in [2.05, 4.69) is 41.1 Å². The summed E-state index contributed by atoms with van der Waals surface area (Å²) in [6.45, 7) is 2.14. The van der Waals surface area contributed by atoms with E-state index in [0.717, 1.165) is 0 Å². The number of hydrogen-bond donors (Lipinski definition) is 1. The van der Waals surface area contributed by atoms with Crippen LogP contribution in [0.2, 0.25) is 0 Å². The van der Waals surface area contributed by atoms with Gasteiger partial charge in [0.1, 0.15) is 0 Å². The Bertz CT molecular complexity index is 331. The minimum atomic E-state index is 0.237. The van der Waals surface area contributed by atoms with Crippen LogP contribution in [0, 0.1) is 12.8 Å². The summed E-state index contributed by atoms with van der Waals surface area (Å²) < 4.78 is 1.17. The first-order valence-corrected chi connectivity index (χ1v) is 6.00. The number of halogens is 1. The Labute approximate surface area is 93.8 Å². The molecule has 0 heterocycles. The van der Waals surface area contributed by atoms with Crippen molar-refractivity contribution in [3.8, 4) is 0 Å². The molecule has 0 radical (unpaired) electrons. The highest BCUT2D eigenvalue weighted by Crippen LogP contribution is 2.38. The Morgan fingerprint density at radius 2 is 2.14 bits per heavy atom. The van der Waals surface area contributed by atoms with Gasteiger partial charge in [-0.05, 0) is 42.9 Å². The molecule has 1 aromatic rings. The van der Waals surface area contributed by atoms with Crippen molar-refractivity contribution in [3.05, 3.63) is 33.8 Å². The quantitative estimate of drug-likeness (QED) is 0.858. The Kier molecular flexibility index (Phi) is 2.93. The standard InChI is InChI=1S/C12H16BrN/c1-8-10(6-3-7-11(8)13)12(14)9-4-2-5-9/h3,6-7,9,12H,2,4-5,14H2,1H3/t12-/m1/s1. The molecule has 2 rings (SSSR count). The summed E-state index contributed by atoms with van der Waals surface area (Å²) in [6.07, 6.45) is 3.95. The van der Waals surface area contributed by atoms with E-state index >= 15 is 0 Å². The van der Waals surface area contributed by atoms with Gasteiger partial charge in [0.05, 0.1) is 0 Å². The summed E-state index contributed by atoms with van der Waals surface area (Å²) >= 11 is 3.55. The molecule has 1 aromatic carbocycles. The van der Waals surface area contributed by atoms with Crippen LogP contribution in [0.1, 0.15) is 36.4 Å². The highest BCUT2D eigenvalue weighted by molar-refractivity contribution is 9.10. The van der Waals surface area contributed by atoms with Gasteiger partial charge in [-0.2, -0.15) is 0 Å². The number of benzene rings is 1. The molecule has 0 bridgehead atoms. The van der Waals surface area contributed by atoms with Gasteiger partial charge >= 0.3 is 0 Å². The SMILES string of the molecule is Cc1c(Br)cccc1[C@H](N)C1CCC1. The van der Waals surface area contributed by atoms with Crippen LogP contribution in [-0.4, -0.2) is 0 Å². The predicted octanol–water partition coefficient (Wildman–Crippen LogP) is 3.56. The topological polar surface area (TPSA) is 26.0 Å². The van der Waals surface area contributed by atoms with Crippen LogP contribution in [-0.2, 0) is 0 Å². The molecule has 0 aromatic heterocycles. The maximum absolute atomic E-state index is 6.25. The largest absolute Gasteiger partial charge is 0.324 e. The molecule has 76 valence electrons. The Morgan fingerprint density at radius 3 is 2.71 bits per heavy atom. The van der Waals surface area contributed by atoms with Crippen LogP contribution in [0.4, 0.5) is 0 Å². The fourth-order valence-electron chi connectivity index (χ4n) is 2.04. The highest BCUT2D eigenvalue weighted by Gasteiger charge is 2.26. The van der Waals surface area contributed by atoms with Crippen LogP contribution in [0.25, 0.3) is 0 Å². The summed E-state index contributed by atoms with van der Waals surface area (Å²) in [5, 5.41) is 0. The lowest BCUT2D eigenvalue weighted by atomic mass is 9.77. The van der Waals surface area contributed by atoms with Crippen molar-refractivity contribution in [3.63, 3.8) is 0 Å². The molecule has 1 aliphatic rings. The Hall–Kier alpha value is -0.340. The molecule has 2 N–H and O–H groups in total. The normalized spacial score (nSPS) is 19.1. The molecule has 1 saturated carbocycles. The van der Waals surface area contributed by atoms with Crippen molar-refractivity contribution in [1.82, 2.24) is 0 Å². The van der Waals surface area contributed by atoms with Crippen LogP contribution in [0.15, 0.2) is 22.7 Å². The summed E-state index contributed by atoms with van der Waals surface area (Å²) in [5.74, 6) is 0.711. The molecule has 2 heteroatoms. The molecule has 0 spiro atoms. The molecule has 1 nitrogen and oxygen atoms in total. The molecule has 0 saturated heterocycles. The first kappa shape index (κ1) is 10.2.